The normalized spacial score (nSPS) is 19.0. The van der Waals surface area contributed by atoms with Crippen LogP contribution in [0.15, 0.2) is 11.2 Å². The Hall–Kier alpha value is -0.970. The van der Waals surface area contributed by atoms with Crippen LogP contribution >= 0.6 is 0 Å². The standard InChI is InChI=1S/C11H20N4O4S2/c1-3-20(16,17)14-10-4-6-15(7-5-10)21(18,19)11-8-12-9(2)13-11/h8,10,14H,3-7H2,1-2H3,(H,12,13). The van der Waals surface area contributed by atoms with Gasteiger partial charge < -0.3 is 4.98 Å². The molecule has 21 heavy (non-hydrogen) atoms. The summed E-state index contributed by atoms with van der Waals surface area (Å²) in [4.78, 5) is 6.62. The van der Waals surface area contributed by atoms with Gasteiger partial charge in [0.15, 0.2) is 5.03 Å². The van der Waals surface area contributed by atoms with E-state index < -0.39 is 20.0 Å². The van der Waals surface area contributed by atoms with Crippen LogP contribution in [0.4, 0.5) is 0 Å². The molecule has 0 bridgehead atoms. The van der Waals surface area contributed by atoms with E-state index in [0.717, 1.165) is 0 Å². The second kappa shape index (κ2) is 6.03. The number of nitrogens with one attached hydrogen (secondary N) is 2. The van der Waals surface area contributed by atoms with E-state index in [1.165, 1.54) is 10.5 Å². The highest BCUT2D eigenvalue weighted by molar-refractivity contribution is 7.89. The number of aromatic amines is 1. The van der Waals surface area contributed by atoms with Gasteiger partial charge in [0.25, 0.3) is 10.0 Å². The van der Waals surface area contributed by atoms with Crippen molar-refractivity contribution in [2.45, 2.75) is 37.8 Å². The van der Waals surface area contributed by atoms with E-state index in [1.54, 1.807) is 13.8 Å². The number of H-pyrrole nitrogens is 1. The first-order valence-electron chi connectivity index (χ1n) is 6.76. The van der Waals surface area contributed by atoms with Crippen LogP contribution in [0.1, 0.15) is 25.6 Å². The first-order valence-corrected chi connectivity index (χ1v) is 9.85. The van der Waals surface area contributed by atoms with Crippen LogP contribution in [-0.4, -0.2) is 56.0 Å². The number of aryl methyl sites for hydroxylation is 1. The Balaban J connectivity index is 2.01. The number of rotatable bonds is 5. The molecule has 0 aromatic carbocycles. The minimum atomic E-state index is -3.58. The Kier molecular flexibility index (Phi) is 4.71. The van der Waals surface area contributed by atoms with E-state index in [1.807, 2.05) is 0 Å². The molecule has 1 aliphatic heterocycles. The molecule has 0 unspecified atom stereocenters. The molecule has 1 aliphatic rings. The summed E-state index contributed by atoms with van der Waals surface area (Å²) < 4.78 is 51.7. The summed E-state index contributed by atoms with van der Waals surface area (Å²) >= 11 is 0. The van der Waals surface area contributed by atoms with Gasteiger partial charge in [-0.2, -0.15) is 4.31 Å². The molecule has 1 aromatic heterocycles. The molecule has 2 heterocycles. The third kappa shape index (κ3) is 3.82. The summed E-state index contributed by atoms with van der Waals surface area (Å²) in [5.41, 5.74) is 0. The summed E-state index contributed by atoms with van der Waals surface area (Å²) in [7, 11) is -6.83. The third-order valence-corrected chi connectivity index (χ3v) is 6.74. The Morgan fingerprint density at radius 1 is 1.33 bits per heavy atom. The fraction of sp³-hybridized carbons (Fsp3) is 0.727. The maximum atomic E-state index is 12.4. The van der Waals surface area contributed by atoms with Crippen molar-refractivity contribution in [3.63, 3.8) is 0 Å². The monoisotopic (exact) mass is 336 g/mol. The van der Waals surface area contributed by atoms with E-state index in [4.69, 9.17) is 0 Å². The first-order chi connectivity index (χ1) is 9.74. The Labute approximate surface area is 125 Å². The summed E-state index contributed by atoms with van der Waals surface area (Å²) in [6.45, 7) is 3.84. The highest BCUT2D eigenvalue weighted by Gasteiger charge is 2.31. The van der Waals surface area contributed by atoms with Gasteiger partial charge in [-0.15, -0.1) is 0 Å². The van der Waals surface area contributed by atoms with Crippen molar-refractivity contribution in [3.05, 3.63) is 12.0 Å². The molecule has 0 radical (unpaired) electrons. The average Bonchev–Trinajstić information content (AvgIpc) is 2.86. The Morgan fingerprint density at radius 3 is 2.43 bits per heavy atom. The fourth-order valence-corrected chi connectivity index (χ4v) is 4.56. The molecule has 0 aliphatic carbocycles. The molecular formula is C11H20N4O4S2. The quantitative estimate of drug-likeness (QED) is 0.774. The van der Waals surface area contributed by atoms with Gasteiger partial charge in [0.05, 0.1) is 11.9 Å². The van der Waals surface area contributed by atoms with Crippen molar-refractivity contribution < 1.29 is 16.8 Å². The van der Waals surface area contributed by atoms with Gasteiger partial charge >= 0.3 is 0 Å². The van der Waals surface area contributed by atoms with Gasteiger partial charge in [-0.25, -0.2) is 26.5 Å². The zero-order valence-electron chi connectivity index (χ0n) is 12.0. The highest BCUT2D eigenvalue weighted by Crippen LogP contribution is 2.19. The van der Waals surface area contributed by atoms with Crippen molar-refractivity contribution in [3.8, 4) is 0 Å². The van der Waals surface area contributed by atoms with Crippen LogP contribution in [0, 0.1) is 6.92 Å². The highest BCUT2D eigenvalue weighted by atomic mass is 32.2. The zero-order valence-corrected chi connectivity index (χ0v) is 13.7. The molecule has 120 valence electrons. The first kappa shape index (κ1) is 16.4. The minimum Gasteiger partial charge on any atom is -0.332 e. The molecule has 0 saturated carbocycles. The zero-order chi connectivity index (χ0) is 15.7. The lowest BCUT2D eigenvalue weighted by Crippen LogP contribution is -2.46. The molecule has 0 spiro atoms. The molecule has 10 heteroatoms. The molecule has 8 nitrogen and oxygen atoms in total. The van der Waals surface area contributed by atoms with Gasteiger partial charge in [0.1, 0.15) is 5.82 Å². The lowest BCUT2D eigenvalue weighted by Gasteiger charge is -2.30. The number of hydrogen-bond donors (Lipinski definition) is 2. The Morgan fingerprint density at radius 2 is 1.95 bits per heavy atom. The van der Waals surface area contributed by atoms with Crippen LogP contribution in [0.3, 0.4) is 0 Å². The summed E-state index contributed by atoms with van der Waals surface area (Å²) in [6.07, 6.45) is 2.23. The molecule has 0 atom stereocenters. The number of piperidine rings is 1. The van der Waals surface area contributed by atoms with Gasteiger partial charge in [0, 0.05) is 19.1 Å². The van der Waals surface area contributed by atoms with Crippen molar-refractivity contribution in [2.24, 2.45) is 0 Å². The van der Waals surface area contributed by atoms with Crippen molar-refractivity contribution >= 4 is 20.0 Å². The number of hydrogen-bond acceptors (Lipinski definition) is 5. The molecule has 2 rings (SSSR count). The van der Waals surface area contributed by atoms with Crippen molar-refractivity contribution in [2.75, 3.05) is 18.8 Å². The second-order valence-corrected chi connectivity index (χ2v) is 8.98. The molecule has 1 saturated heterocycles. The fourth-order valence-electron chi connectivity index (χ4n) is 2.22. The largest absolute Gasteiger partial charge is 0.332 e. The van der Waals surface area contributed by atoms with E-state index >= 15 is 0 Å². The maximum absolute atomic E-state index is 12.4. The number of imidazole rings is 1. The molecule has 1 aromatic rings. The molecule has 0 amide bonds. The van der Waals surface area contributed by atoms with Crippen LogP contribution in [0.25, 0.3) is 0 Å². The van der Waals surface area contributed by atoms with Crippen molar-refractivity contribution in [1.29, 1.82) is 0 Å². The third-order valence-electron chi connectivity index (χ3n) is 3.48. The number of sulfonamides is 2. The van der Waals surface area contributed by atoms with Crippen LogP contribution in [0.2, 0.25) is 0 Å². The lowest BCUT2D eigenvalue weighted by atomic mass is 10.1. The second-order valence-electron chi connectivity index (χ2n) is 5.03. The van der Waals surface area contributed by atoms with E-state index in [0.29, 0.717) is 18.7 Å². The number of nitrogens with zero attached hydrogens (tertiary/aromatic N) is 2. The van der Waals surface area contributed by atoms with Crippen LogP contribution in [0.5, 0.6) is 0 Å². The van der Waals surface area contributed by atoms with E-state index in [-0.39, 0.29) is 29.9 Å². The average molecular weight is 336 g/mol. The topological polar surface area (TPSA) is 112 Å². The van der Waals surface area contributed by atoms with E-state index in [2.05, 4.69) is 14.7 Å². The smallest absolute Gasteiger partial charge is 0.260 e. The molecular weight excluding hydrogens is 316 g/mol. The maximum Gasteiger partial charge on any atom is 0.260 e. The summed E-state index contributed by atoms with van der Waals surface area (Å²) in [5, 5.41) is 0.0765. The Bertz CT molecular complexity index is 688. The van der Waals surface area contributed by atoms with Gasteiger partial charge in [0.2, 0.25) is 10.0 Å². The minimum absolute atomic E-state index is 0.0267. The summed E-state index contributed by atoms with van der Waals surface area (Å²) in [5.74, 6) is 0.568. The molecule has 1 fully saturated rings. The van der Waals surface area contributed by atoms with E-state index in [9.17, 15) is 16.8 Å². The SMILES string of the molecule is CCS(=O)(=O)NC1CCN(S(=O)(=O)c2cnc(C)[nH]2)CC1. The van der Waals surface area contributed by atoms with Gasteiger partial charge in [-0.1, -0.05) is 0 Å². The van der Waals surface area contributed by atoms with Crippen molar-refractivity contribution in [1.82, 2.24) is 19.0 Å². The number of aromatic nitrogens is 2. The van der Waals surface area contributed by atoms with Gasteiger partial charge in [-0.3, -0.25) is 0 Å². The van der Waals surface area contributed by atoms with Crippen LogP contribution < -0.4 is 4.72 Å². The van der Waals surface area contributed by atoms with Gasteiger partial charge in [-0.05, 0) is 26.7 Å². The lowest BCUT2D eigenvalue weighted by molar-refractivity contribution is 0.308. The predicted octanol–water partition coefficient (Wildman–Crippen LogP) is -0.189. The predicted molar refractivity (Wildman–Crippen MR) is 77.7 cm³/mol. The molecule has 2 N–H and O–H groups in total. The van der Waals surface area contributed by atoms with Crippen LogP contribution in [-0.2, 0) is 20.0 Å². The summed E-state index contributed by atoms with van der Waals surface area (Å²) in [6, 6.07) is -0.204.